The summed E-state index contributed by atoms with van der Waals surface area (Å²) in [4.78, 5) is 18.7. The van der Waals surface area contributed by atoms with Crippen molar-refractivity contribution in [2.45, 2.75) is 70.3 Å². The molecule has 7 nitrogen and oxygen atoms in total. The van der Waals surface area contributed by atoms with Gasteiger partial charge in [-0.2, -0.15) is 4.98 Å². The van der Waals surface area contributed by atoms with Crippen molar-refractivity contribution in [3.63, 3.8) is 0 Å². The molecule has 1 aromatic heterocycles. The Bertz CT molecular complexity index is 1550. The lowest BCUT2D eigenvalue weighted by Gasteiger charge is -2.29. The Morgan fingerprint density at radius 1 is 1.00 bits per heavy atom. The lowest BCUT2D eigenvalue weighted by molar-refractivity contribution is -0.113. The molecule has 0 saturated heterocycles. The van der Waals surface area contributed by atoms with Crippen molar-refractivity contribution < 1.29 is 9.53 Å². The highest BCUT2D eigenvalue weighted by molar-refractivity contribution is 7.98. The van der Waals surface area contributed by atoms with Crippen LogP contribution in [0.25, 0.3) is 0 Å². The Labute approximate surface area is 252 Å². The Balaban J connectivity index is 1.43. The number of amides is 1. The van der Waals surface area contributed by atoms with E-state index in [0.717, 1.165) is 46.0 Å². The van der Waals surface area contributed by atoms with Crippen LogP contribution in [0.3, 0.4) is 0 Å². The third kappa shape index (κ3) is 7.05. The van der Waals surface area contributed by atoms with Gasteiger partial charge in [-0.25, -0.2) is 4.68 Å². The minimum atomic E-state index is -0.454. The quantitative estimate of drug-likeness (QED) is 0.130. The van der Waals surface area contributed by atoms with Crippen molar-refractivity contribution in [3.05, 3.63) is 106 Å². The normalized spacial score (nSPS) is 14.3. The zero-order chi connectivity index (χ0) is 29.5. The van der Waals surface area contributed by atoms with Crippen molar-refractivity contribution in [2.75, 3.05) is 17.2 Å². The molecule has 42 heavy (non-hydrogen) atoms. The topological polar surface area (TPSA) is 81.1 Å². The number of allylic oxidation sites excluding steroid dienone is 1. The first-order valence-electron chi connectivity index (χ1n) is 14.7. The number of unbranched alkanes of at least 4 members (excludes halogenated alkanes) is 3. The Morgan fingerprint density at radius 3 is 2.52 bits per heavy atom. The van der Waals surface area contributed by atoms with Gasteiger partial charge in [0.1, 0.15) is 11.8 Å². The molecule has 1 unspecified atom stereocenters. The molecule has 8 heteroatoms. The molecule has 0 saturated carbocycles. The van der Waals surface area contributed by atoms with Gasteiger partial charge in [0, 0.05) is 17.1 Å². The molecular weight excluding hydrogens is 542 g/mol. The number of benzene rings is 3. The van der Waals surface area contributed by atoms with E-state index in [1.807, 2.05) is 80.1 Å². The minimum Gasteiger partial charge on any atom is -0.494 e. The number of aryl methyl sites for hydroxylation is 2. The van der Waals surface area contributed by atoms with E-state index in [1.54, 1.807) is 11.8 Å². The number of aromatic nitrogens is 3. The van der Waals surface area contributed by atoms with Crippen LogP contribution in [0, 0.1) is 13.8 Å². The second-order valence-corrected chi connectivity index (χ2v) is 11.7. The molecule has 2 N–H and O–H groups in total. The van der Waals surface area contributed by atoms with Gasteiger partial charge in [0.25, 0.3) is 5.91 Å². The summed E-state index contributed by atoms with van der Waals surface area (Å²) in [6.45, 7) is 8.88. The molecule has 2 heterocycles. The average Bonchev–Trinajstić information content (AvgIpc) is 3.40. The molecule has 0 spiro atoms. The summed E-state index contributed by atoms with van der Waals surface area (Å²) in [5, 5.41) is 12.0. The second-order valence-electron chi connectivity index (χ2n) is 10.8. The number of ether oxygens (including phenoxy) is 1. The molecular formula is C34H39N5O2S. The molecule has 4 aromatic rings. The van der Waals surface area contributed by atoms with E-state index in [0.29, 0.717) is 23.3 Å². The van der Waals surface area contributed by atoms with Crippen molar-refractivity contribution in [1.82, 2.24) is 14.8 Å². The van der Waals surface area contributed by atoms with Crippen molar-refractivity contribution in [3.8, 4) is 5.75 Å². The van der Waals surface area contributed by atoms with Crippen molar-refractivity contribution in [2.24, 2.45) is 0 Å². The predicted octanol–water partition coefficient (Wildman–Crippen LogP) is 8.07. The Kier molecular flexibility index (Phi) is 9.64. The van der Waals surface area contributed by atoms with E-state index in [9.17, 15) is 4.79 Å². The predicted molar refractivity (Wildman–Crippen MR) is 171 cm³/mol. The van der Waals surface area contributed by atoms with Gasteiger partial charge in [0.05, 0.1) is 12.2 Å². The molecule has 0 aliphatic carbocycles. The van der Waals surface area contributed by atoms with Crippen LogP contribution in [0.1, 0.15) is 67.8 Å². The number of nitrogens with zero attached hydrogens (tertiary/aromatic N) is 3. The fourth-order valence-corrected chi connectivity index (χ4v) is 5.91. The zero-order valence-electron chi connectivity index (χ0n) is 24.8. The number of nitrogens with one attached hydrogen (secondary N) is 2. The number of carbonyl (C=O) groups is 1. The molecule has 0 radical (unpaired) electrons. The Hall–Kier alpha value is -4.04. The van der Waals surface area contributed by atoms with E-state index in [4.69, 9.17) is 14.8 Å². The van der Waals surface area contributed by atoms with E-state index in [2.05, 4.69) is 35.8 Å². The standard InChI is InChI=1S/C34H39N5O2S/c1-5-6-7-11-20-41-28-17-15-27(16-18-28)31-30(32(40)36-29-19-14-23(2)21-24(29)3)25(4)35-33-37-34(38-39(31)33)42-22-26-12-9-8-10-13-26/h8-10,12-19,21,31H,5-7,11,20,22H2,1-4H3,(H,36,40)(H,35,37,38). The van der Waals surface area contributed by atoms with Gasteiger partial charge >= 0.3 is 0 Å². The number of thioether (sulfide) groups is 1. The zero-order valence-corrected chi connectivity index (χ0v) is 25.6. The number of fused-ring (bicyclic) bond motifs is 1. The number of hydrogen-bond donors (Lipinski definition) is 2. The van der Waals surface area contributed by atoms with Crippen LogP contribution in [0.4, 0.5) is 11.6 Å². The van der Waals surface area contributed by atoms with Gasteiger partial charge < -0.3 is 15.4 Å². The summed E-state index contributed by atoms with van der Waals surface area (Å²) >= 11 is 1.58. The minimum absolute atomic E-state index is 0.173. The summed E-state index contributed by atoms with van der Waals surface area (Å²) in [5.74, 6) is 2.02. The van der Waals surface area contributed by atoms with Crippen LogP contribution in [-0.4, -0.2) is 27.3 Å². The highest BCUT2D eigenvalue weighted by Crippen LogP contribution is 2.37. The fraction of sp³-hybridized carbons (Fsp3) is 0.324. The van der Waals surface area contributed by atoms with Crippen LogP contribution < -0.4 is 15.4 Å². The first-order chi connectivity index (χ1) is 20.4. The van der Waals surface area contributed by atoms with Crippen LogP contribution >= 0.6 is 11.8 Å². The summed E-state index contributed by atoms with van der Waals surface area (Å²) in [6, 6.07) is 23.9. The molecule has 0 bridgehead atoms. The number of carbonyl (C=O) groups excluding carboxylic acids is 1. The van der Waals surface area contributed by atoms with Gasteiger partial charge in [-0.05, 0) is 62.1 Å². The van der Waals surface area contributed by atoms with Gasteiger partial charge in [0.2, 0.25) is 11.1 Å². The van der Waals surface area contributed by atoms with Gasteiger partial charge in [-0.1, -0.05) is 98.1 Å². The monoisotopic (exact) mass is 581 g/mol. The molecule has 1 atom stereocenters. The van der Waals surface area contributed by atoms with Crippen LogP contribution in [0.5, 0.6) is 5.75 Å². The average molecular weight is 582 g/mol. The first kappa shape index (κ1) is 29.5. The lowest BCUT2D eigenvalue weighted by atomic mass is 9.94. The number of anilines is 2. The maximum absolute atomic E-state index is 13.9. The SMILES string of the molecule is CCCCCCOc1ccc(C2C(C(=O)Nc3ccc(C)cc3C)=C(C)Nc3nc(SCc4ccccc4)nn32)cc1. The maximum atomic E-state index is 13.9. The maximum Gasteiger partial charge on any atom is 0.255 e. The Morgan fingerprint density at radius 2 is 1.79 bits per heavy atom. The molecule has 3 aromatic carbocycles. The summed E-state index contributed by atoms with van der Waals surface area (Å²) in [5.41, 5.74) is 6.44. The summed E-state index contributed by atoms with van der Waals surface area (Å²) in [6.07, 6.45) is 4.64. The smallest absolute Gasteiger partial charge is 0.255 e. The third-order valence-electron chi connectivity index (χ3n) is 7.38. The van der Waals surface area contributed by atoms with Gasteiger partial charge in [-0.15, -0.1) is 5.10 Å². The largest absolute Gasteiger partial charge is 0.494 e. The van der Waals surface area contributed by atoms with E-state index < -0.39 is 6.04 Å². The molecule has 5 rings (SSSR count). The summed E-state index contributed by atoms with van der Waals surface area (Å²) < 4.78 is 7.83. The molecule has 1 aliphatic rings. The second kappa shape index (κ2) is 13.7. The lowest BCUT2D eigenvalue weighted by Crippen LogP contribution is -2.31. The van der Waals surface area contributed by atoms with E-state index in [1.165, 1.54) is 24.8 Å². The van der Waals surface area contributed by atoms with E-state index >= 15 is 0 Å². The number of hydrogen-bond acceptors (Lipinski definition) is 6. The highest BCUT2D eigenvalue weighted by atomic mass is 32.2. The van der Waals surface area contributed by atoms with Crippen LogP contribution in [0.2, 0.25) is 0 Å². The highest BCUT2D eigenvalue weighted by Gasteiger charge is 2.34. The first-order valence-corrected chi connectivity index (χ1v) is 15.6. The van der Waals surface area contributed by atoms with Crippen molar-refractivity contribution in [1.29, 1.82) is 0 Å². The molecule has 0 fully saturated rings. The fourth-order valence-electron chi connectivity index (χ4n) is 5.13. The van der Waals surface area contributed by atoms with Crippen molar-refractivity contribution >= 4 is 29.3 Å². The molecule has 1 aliphatic heterocycles. The summed E-state index contributed by atoms with van der Waals surface area (Å²) in [7, 11) is 0. The van der Waals surface area contributed by atoms with Crippen LogP contribution in [-0.2, 0) is 10.5 Å². The van der Waals surface area contributed by atoms with Gasteiger partial charge in [-0.3, -0.25) is 4.79 Å². The van der Waals surface area contributed by atoms with E-state index in [-0.39, 0.29) is 5.91 Å². The van der Waals surface area contributed by atoms with Gasteiger partial charge in [0.15, 0.2) is 0 Å². The number of rotatable bonds is 12. The van der Waals surface area contributed by atoms with Crippen LogP contribution in [0.15, 0.2) is 89.2 Å². The molecule has 218 valence electrons. The molecule has 1 amide bonds. The third-order valence-corrected chi connectivity index (χ3v) is 8.29.